The van der Waals surface area contributed by atoms with Gasteiger partial charge in [-0.25, -0.2) is 4.68 Å². The molecule has 0 aliphatic carbocycles. The van der Waals surface area contributed by atoms with Crippen LogP contribution in [-0.2, 0) is 0 Å². The van der Waals surface area contributed by atoms with E-state index < -0.39 is 0 Å². The summed E-state index contributed by atoms with van der Waals surface area (Å²) < 4.78 is 1.57. The Morgan fingerprint density at radius 1 is 1.35 bits per heavy atom. The molecule has 3 N–H and O–H groups in total. The maximum atomic E-state index is 5.73. The Labute approximate surface area is 121 Å². The lowest BCUT2D eigenvalue weighted by Gasteiger charge is -2.21. The van der Waals surface area contributed by atoms with Gasteiger partial charge in [0.1, 0.15) is 0 Å². The molecule has 1 aliphatic rings. The highest BCUT2D eigenvalue weighted by Crippen LogP contribution is 2.24. The lowest BCUT2D eigenvalue weighted by atomic mass is 10.2. The predicted octanol–water partition coefficient (Wildman–Crippen LogP) is 1.34. The van der Waals surface area contributed by atoms with E-state index in [1.807, 2.05) is 17.8 Å². The zero-order chi connectivity index (χ0) is 13.8. The van der Waals surface area contributed by atoms with E-state index in [1.165, 1.54) is 25.0 Å². The number of nitrogens with two attached hydrogens (primary N) is 1. The number of aromatic nitrogens is 5. The van der Waals surface area contributed by atoms with Gasteiger partial charge in [0.15, 0.2) is 0 Å². The van der Waals surface area contributed by atoms with Crippen LogP contribution in [0.2, 0.25) is 0 Å². The highest BCUT2D eigenvalue weighted by Gasteiger charge is 2.14. The topological polar surface area (TPSA) is 94.5 Å². The van der Waals surface area contributed by atoms with Crippen molar-refractivity contribution >= 4 is 23.7 Å². The molecule has 106 valence electrons. The average molecular weight is 291 g/mol. The highest BCUT2D eigenvalue weighted by atomic mass is 32.2. The van der Waals surface area contributed by atoms with Crippen LogP contribution in [0.15, 0.2) is 18.5 Å². The van der Waals surface area contributed by atoms with Gasteiger partial charge in [0.25, 0.3) is 5.95 Å². The van der Waals surface area contributed by atoms with Gasteiger partial charge in [-0.1, -0.05) is 6.42 Å². The van der Waals surface area contributed by atoms with Gasteiger partial charge in [0.2, 0.25) is 11.9 Å². The van der Waals surface area contributed by atoms with Crippen LogP contribution in [0.4, 0.5) is 11.9 Å². The monoisotopic (exact) mass is 291 g/mol. The highest BCUT2D eigenvalue weighted by molar-refractivity contribution is 7.99. The van der Waals surface area contributed by atoms with Crippen molar-refractivity contribution in [1.82, 2.24) is 24.7 Å². The number of anilines is 2. The fourth-order valence-corrected chi connectivity index (χ4v) is 3.36. The van der Waals surface area contributed by atoms with Gasteiger partial charge >= 0.3 is 0 Å². The fraction of sp³-hybridized carbons (Fsp3) is 0.500. The summed E-state index contributed by atoms with van der Waals surface area (Å²) in [6.45, 7) is 0.854. The summed E-state index contributed by atoms with van der Waals surface area (Å²) in [5, 5.41) is 7.97. The first kappa shape index (κ1) is 13.2. The fourth-order valence-electron chi connectivity index (χ4n) is 2.12. The van der Waals surface area contributed by atoms with E-state index in [9.17, 15) is 0 Å². The van der Waals surface area contributed by atoms with Gasteiger partial charge in [0.05, 0.1) is 0 Å². The van der Waals surface area contributed by atoms with Crippen LogP contribution in [-0.4, -0.2) is 42.3 Å². The lowest BCUT2D eigenvalue weighted by Crippen LogP contribution is -2.21. The van der Waals surface area contributed by atoms with Crippen molar-refractivity contribution in [2.45, 2.75) is 24.5 Å². The largest absolute Gasteiger partial charge is 0.368 e. The molecule has 7 nitrogen and oxygen atoms in total. The average Bonchev–Trinajstić information content (AvgIpc) is 3.00. The third-order valence-electron chi connectivity index (χ3n) is 3.11. The molecule has 0 spiro atoms. The molecule has 0 amide bonds. The normalized spacial score (nSPS) is 18.9. The van der Waals surface area contributed by atoms with Crippen LogP contribution in [0.1, 0.15) is 19.3 Å². The quantitative estimate of drug-likeness (QED) is 0.877. The van der Waals surface area contributed by atoms with E-state index in [-0.39, 0.29) is 5.95 Å². The second-order valence-electron chi connectivity index (χ2n) is 4.64. The number of rotatable bonds is 4. The first-order valence-corrected chi connectivity index (χ1v) is 7.73. The molecule has 20 heavy (non-hydrogen) atoms. The second kappa shape index (κ2) is 6.08. The molecular formula is C12H17N7S. The Morgan fingerprint density at radius 3 is 3.05 bits per heavy atom. The molecular weight excluding hydrogens is 274 g/mol. The third-order valence-corrected chi connectivity index (χ3v) is 4.51. The Kier molecular flexibility index (Phi) is 4.00. The van der Waals surface area contributed by atoms with Crippen LogP contribution < -0.4 is 11.1 Å². The molecule has 0 bridgehead atoms. The van der Waals surface area contributed by atoms with Gasteiger partial charge in [-0.15, -0.1) is 0 Å². The van der Waals surface area contributed by atoms with Crippen molar-refractivity contribution < 1.29 is 0 Å². The summed E-state index contributed by atoms with van der Waals surface area (Å²) in [4.78, 5) is 12.5. The maximum absolute atomic E-state index is 5.73. The number of hydrogen-bond acceptors (Lipinski definition) is 7. The van der Waals surface area contributed by atoms with E-state index in [4.69, 9.17) is 5.73 Å². The SMILES string of the molecule is Nc1nc(NCC2CCCCS2)nc(-n2cccn2)n1. The summed E-state index contributed by atoms with van der Waals surface area (Å²) in [5.41, 5.74) is 5.73. The molecule has 0 aromatic carbocycles. The first-order chi connectivity index (χ1) is 9.81. The van der Waals surface area contributed by atoms with Gasteiger partial charge in [-0.2, -0.15) is 31.8 Å². The summed E-state index contributed by atoms with van der Waals surface area (Å²) >= 11 is 2.01. The van der Waals surface area contributed by atoms with Gasteiger partial charge in [-0.05, 0) is 24.7 Å². The number of nitrogens with one attached hydrogen (secondary N) is 1. The first-order valence-electron chi connectivity index (χ1n) is 6.68. The van der Waals surface area contributed by atoms with Crippen LogP contribution in [0, 0.1) is 0 Å². The number of hydrogen-bond donors (Lipinski definition) is 2. The zero-order valence-corrected chi connectivity index (χ0v) is 11.9. The summed E-state index contributed by atoms with van der Waals surface area (Å²) in [7, 11) is 0. The molecule has 8 heteroatoms. The third kappa shape index (κ3) is 3.19. The maximum Gasteiger partial charge on any atom is 0.257 e. The van der Waals surface area contributed by atoms with Crippen molar-refractivity contribution in [1.29, 1.82) is 0 Å². The van der Waals surface area contributed by atoms with Crippen LogP contribution in [0.25, 0.3) is 5.95 Å². The predicted molar refractivity (Wildman–Crippen MR) is 79.9 cm³/mol. The summed E-state index contributed by atoms with van der Waals surface area (Å²) in [5.74, 6) is 2.38. The Bertz CT molecular complexity index is 551. The molecule has 1 unspecified atom stereocenters. The van der Waals surface area contributed by atoms with Crippen LogP contribution in [0.5, 0.6) is 0 Å². The lowest BCUT2D eigenvalue weighted by molar-refractivity contribution is 0.675. The number of thioether (sulfide) groups is 1. The molecule has 1 saturated heterocycles. The van der Waals surface area contributed by atoms with E-state index >= 15 is 0 Å². The van der Waals surface area contributed by atoms with Crippen LogP contribution >= 0.6 is 11.8 Å². The van der Waals surface area contributed by atoms with Crippen molar-refractivity contribution in [3.05, 3.63) is 18.5 Å². The minimum absolute atomic E-state index is 0.198. The van der Waals surface area contributed by atoms with Gasteiger partial charge < -0.3 is 11.1 Å². The molecule has 1 aliphatic heterocycles. The molecule has 2 aromatic heterocycles. The Morgan fingerprint density at radius 2 is 2.30 bits per heavy atom. The number of nitrogens with zero attached hydrogens (tertiary/aromatic N) is 5. The standard InChI is InChI=1S/C12H17N7S/c13-10-16-11(14-8-9-4-1-2-7-20-9)18-12(17-10)19-6-3-5-15-19/h3,5-6,9H,1-2,4,7-8H2,(H3,13,14,16,17,18). The summed E-state index contributed by atoms with van der Waals surface area (Å²) in [6.07, 6.45) is 7.31. The van der Waals surface area contributed by atoms with Crippen LogP contribution in [0.3, 0.4) is 0 Å². The minimum Gasteiger partial charge on any atom is -0.368 e. The summed E-state index contributed by atoms with van der Waals surface area (Å²) in [6, 6.07) is 1.81. The van der Waals surface area contributed by atoms with E-state index in [2.05, 4.69) is 25.4 Å². The molecule has 3 rings (SSSR count). The van der Waals surface area contributed by atoms with Crippen molar-refractivity contribution in [3.8, 4) is 5.95 Å². The van der Waals surface area contributed by atoms with Gasteiger partial charge in [-0.3, -0.25) is 0 Å². The molecule has 2 aromatic rings. The smallest absolute Gasteiger partial charge is 0.257 e. The van der Waals surface area contributed by atoms with Crippen molar-refractivity contribution in [3.63, 3.8) is 0 Å². The Hall–Kier alpha value is -1.83. The molecule has 0 radical (unpaired) electrons. The molecule has 1 atom stereocenters. The molecule has 0 saturated carbocycles. The van der Waals surface area contributed by atoms with Crippen molar-refractivity contribution in [2.24, 2.45) is 0 Å². The van der Waals surface area contributed by atoms with E-state index in [0.717, 1.165) is 6.54 Å². The van der Waals surface area contributed by atoms with E-state index in [1.54, 1.807) is 17.1 Å². The Balaban J connectivity index is 1.69. The second-order valence-corrected chi connectivity index (χ2v) is 6.05. The van der Waals surface area contributed by atoms with Gasteiger partial charge in [0, 0.05) is 24.2 Å². The van der Waals surface area contributed by atoms with E-state index in [0.29, 0.717) is 17.1 Å². The minimum atomic E-state index is 0.198. The zero-order valence-electron chi connectivity index (χ0n) is 11.1. The molecule has 1 fully saturated rings. The molecule has 3 heterocycles. The number of nitrogen functional groups attached to an aromatic ring is 1. The van der Waals surface area contributed by atoms with Crippen molar-refractivity contribution in [2.75, 3.05) is 23.3 Å².